The highest BCUT2D eigenvalue weighted by atomic mass is 127. The summed E-state index contributed by atoms with van der Waals surface area (Å²) in [7, 11) is 1.80. The van der Waals surface area contributed by atoms with Gasteiger partial charge >= 0.3 is 0 Å². The molecule has 0 spiro atoms. The highest BCUT2D eigenvalue weighted by molar-refractivity contribution is 14.1. The van der Waals surface area contributed by atoms with Crippen molar-refractivity contribution >= 4 is 39.9 Å². The third-order valence-corrected chi connectivity index (χ3v) is 4.03. The summed E-state index contributed by atoms with van der Waals surface area (Å²) in [6.07, 6.45) is 0.899. The first kappa shape index (κ1) is 14.0. The minimum atomic E-state index is -0.396. The van der Waals surface area contributed by atoms with Crippen LogP contribution in [0.2, 0.25) is 0 Å². The van der Waals surface area contributed by atoms with E-state index in [2.05, 4.69) is 0 Å². The molecule has 2 rings (SSSR count). The van der Waals surface area contributed by atoms with Crippen LogP contribution in [0.3, 0.4) is 0 Å². The van der Waals surface area contributed by atoms with Crippen LogP contribution in [0, 0.1) is 13.7 Å². The number of amides is 1. The van der Waals surface area contributed by atoms with Crippen molar-refractivity contribution in [1.29, 1.82) is 0 Å². The number of hydrogen-bond donors (Lipinski definition) is 0. The lowest BCUT2D eigenvalue weighted by atomic mass is 10.2. The molecule has 1 aromatic carbocycles. The molecule has 0 atom stereocenters. The molecule has 19 heavy (non-hydrogen) atoms. The normalized spacial score (nSPS) is 16.4. The quantitative estimate of drug-likeness (QED) is 0.450. The molecule has 0 bridgehead atoms. The van der Waals surface area contributed by atoms with Crippen LogP contribution in [-0.4, -0.2) is 42.4 Å². The van der Waals surface area contributed by atoms with Crippen LogP contribution >= 0.6 is 22.6 Å². The van der Waals surface area contributed by atoms with Gasteiger partial charge in [0, 0.05) is 31.9 Å². The number of anilines is 1. The van der Waals surface area contributed by atoms with Gasteiger partial charge in [-0.1, -0.05) is 0 Å². The lowest BCUT2D eigenvalue weighted by Gasteiger charge is -2.22. The monoisotopic (exact) mass is 375 g/mol. The molecule has 1 fully saturated rings. The number of nitro groups is 1. The van der Waals surface area contributed by atoms with Crippen LogP contribution in [0.1, 0.15) is 6.42 Å². The predicted molar refractivity (Wildman–Crippen MR) is 80.3 cm³/mol. The van der Waals surface area contributed by atoms with Crippen LogP contribution in [0.25, 0.3) is 0 Å². The summed E-state index contributed by atoms with van der Waals surface area (Å²) in [5.74, 6) is 0.0749. The Kier molecular flexibility index (Phi) is 4.23. The fourth-order valence-corrected chi connectivity index (χ4v) is 2.74. The Morgan fingerprint density at radius 1 is 1.37 bits per heavy atom. The molecular formula is C12H14IN3O3. The number of carbonyl (C=O) groups excluding carboxylic acids is 1. The molecule has 7 heteroatoms. The standard InChI is InChI=1S/C12H14IN3O3/c1-14-5-2-6-15(8-12(14)17)9-3-4-11(16(18)19)10(13)7-9/h3-4,7H,2,5-6,8H2,1H3. The number of rotatable bonds is 2. The Hall–Kier alpha value is -1.38. The van der Waals surface area contributed by atoms with Crippen molar-refractivity contribution in [2.45, 2.75) is 6.42 Å². The van der Waals surface area contributed by atoms with E-state index < -0.39 is 4.92 Å². The van der Waals surface area contributed by atoms with Gasteiger partial charge in [0.15, 0.2) is 0 Å². The van der Waals surface area contributed by atoms with E-state index in [4.69, 9.17) is 0 Å². The Morgan fingerprint density at radius 3 is 2.74 bits per heavy atom. The number of nitrogens with zero attached hydrogens (tertiary/aromatic N) is 3. The van der Waals surface area contributed by atoms with Gasteiger partial charge in [-0.2, -0.15) is 0 Å². The maximum Gasteiger partial charge on any atom is 0.282 e. The molecule has 1 heterocycles. The van der Waals surface area contributed by atoms with Gasteiger partial charge in [0.05, 0.1) is 15.0 Å². The second kappa shape index (κ2) is 5.72. The Balaban J connectivity index is 2.24. The van der Waals surface area contributed by atoms with Gasteiger partial charge in [0.1, 0.15) is 0 Å². The molecule has 1 amide bonds. The van der Waals surface area contributed by atoms with Crippen molar-refractivity contribution in [3.05, 3.63) is 31.9 Å². The predicted octanol–water partition coefficient (Wildman–Crippen LogP) is 1.87. The maximum absolute atomic E-state index is 11.8. The molecule has 1 aliphatic rings. The van der Waals surface area contributed by atoms with Gasteiger partial charge in [0.25, 0.3) is 5.69 Å². The molecule has 0 aromatic heterocycles. The highest BCUT2D eigenvalue weighted by Gasteiger charge is 2.21. The lowest BCUT2D eigenvalue weighted by Crippen LogP contribution is -2.34. The fourth-order valence-electron chi connectivity index (χ4n) is 2.05. The molecule has 1 aliphatic heterocycles. The third kappa shape index (κ3) is 3.14. The molecule has 0 unspecified atom stereocenters. The number of likely N-dealkylation sites (N-methyl/N-ethyl adjacent to an activating group) is 1. The number of halogens is 1. The van der Waals surface area contributed by atoms with Crippen LogP contribution in [0.15, 0.2) is 18.2 Å². The zero-order valence-corrected chi connectivity index (χ0v) is 12.7. The average Bonchev–Trinajstić information content (AvgIpc) is 2.51. The Labute approximate surface area is 124 Å². The first-order valence-electron chi connectivity index (χ1n) is 5.92. The first-order chi connectivity index (χ1) is 8.99. The largest absolute Gasteiger partial charge is 0.362 e. The van der Waals surface area contributed by atoms with Crippen molar-refractivity contribution in [1.82, 2.24) is 4.90 Å². The van der Waals surface area contributed by atoms with Gasteiger partial charge in [-0.15, -0.1) is 0 Å². The van der Waals surface area contributed by atoms with Gasteiger partial charge < -0.3 is 9.80 Å². The van der Waals surface area contributed by atoms with Crippen molar-refractivity contribution < 1.29 is 9.72 Å². The van der Waals surface area contributed by atoms with E-state index in [-0.39, 0.29) is 11.6 Å². The van der Waals surface area contributed by atoms with E-state index in [9.17, 15) is 14.9 Å². The number of nitro benzene ring substituents is 1. The van der Waals surface area contributed by atoms with Crippen LogP contribution < -0.4 is 4.90 Å². The second-order valence-corrected chi connectivity index (χ2v) is 5.65. The van der Waals surface area contributed by atoms with Gasteiger partial charge in [-0.3, -0.25) is 14.9 Å². The highest BCUT2D eigenvalue weighted by Crippen LogP contribution is 2.26. The van der Waals surface area contributed by atoms with Crippen molar-refractivity contribution in [3.63, 3.8) is 0 Å². The van der Waals surface area contributed by atoms with Crippen molar-refractivity contribution in [2.75, 3.05) is 31.6 Å². The molecule has 0 aliphatic carbocycles. The van der Waals surface area contributed by atoms with E-state index >= 15 is 0 Å². The number of carbonyl (C=O) groups is 1. The van der Waals surface area contributed by atoms with Gasteiger partial charge in [-0.25, -0.2) is 0 Å². The van der Waals surface area contributed by atoms with Crippen LogP contribution in [-0.2, 0) is 4.79 Å². The van der Waals surface area contributed by atoms with Gasteiger partial charge in [0.2, 0.25) is 5.91 Å². The average molecular weight is 375 g/mol. The van der Waals surface area contributed by atoms with E-state index in [0.29, 0.717) is 10.1 Å². The summed E-state index contributed by atoms with van der Waals surface area (Å²) in [5.41, 5.74) is 0.960. The fraction of sp³-hybridized carbons (Fsp3) is 0.417. The molecule has 1 saturated heterocycles. The molecule has 0 saturated carbocycles. The SMILES string of the molecule is CN1CCCN(c2ccc([N+](=O)[O-])c(I)c2)CC1=O. The van der Waals surface area contributed by atoms with E-state index in [1.54, 1.807) is 24.1 Å². The van der Waals surface area contributed by atoms with Crippen LogP contribution in [0.5, 0.6) is 0 Å². The minimum absolute atomic E-state index is 0.0749. The topological polar surface area (TPSA) is 66.7 Å². The summed E-state index contributed by atoms with van der Waals surface area (Å²) in [4.78, 5) is 25.9. The zero-order chi connectivity index (χ0) is 14.0. The van der Waals surface area contributed by atoms with Crippen LogP contribution in [0.4, 0.5) is 11.4 Å². The smallest absolute Gasteiger partial charge is 0.282 e. The van der Waals surface area contributed by atoms with Crippen molar-refractivity contribution in [2.24, 2.45) is 0 Å². The third-order valence-electron chi connectivity index (χ3n) is 3.17. The molecule has 6 nitrogen and oxygen atoms in total. The number of hydrogen-bond acceptors (Lipinski definition) is 4. The second-order valence-electron chi connectivity index (χ2n) is 4.48. The Morgan fingerprint density at radius 2 is 2.11 bits per heavy atom. The van der Waals surface area contributed by atoms with E-state index in [1.807, 2.05) is 27.5 Å². The molecular weight excluding hydrogens is 361 g/mol. The summed E-state index contributed by atoms with van der Waals surface area (Å²) in [6, 6.07) is 4.96. The van der Waals surface area contributed by atoms with Gasteiger partial charge in [-0.05, 0) is 41.1 Å². The molecule has 0 radical (unpaired) electrons. The summed E-state index contributed by atoms with van der Waals surface area (Å²) >= 11 is 1.95. The van der Waals surface area contributed by atoms with E-state index in [0.717, 1.165) is 25.2 Å². The molecule has 0 N–H and O–H groups in total. The number of benzene rings is 1. The minimum Gasteiger partial charge on any atom is -0.362 e. The maximum atomic E-state index is 11.8. The first-order valence-corrected chi connectivity index (χ1v) is 7.00. The van der Waals surface area contributed by atoms with Crippen molar-refractivity contribution in [3.8, 4) is 0 Å². The summed E-state index contributed by atoms with van der Waals surface area (Å²) in [5, 5.41) is 10.8. The Bertz CT molecular complexity index is 521. The zero-order valence-electron chi connectivity index (χ0n) is 10.5. The lowest BCUT2D eigenvalue weighted by molar-refractivity contribution is -0.385. The molecule has 102 valence electrons. The van der Waals surface area contributed by atoms with E-state index in [1.165, 1.54) is 6.07 Å². The molecule has 1 aromatic rings. The summed E-state index contributed by atoms with van der Waals surface area (Å²) < 4.78 is 0.588. The summed E-state index contributed by atoms with van der Waals surface area (Å²) in [6.45, 7) is 1.85.